The molecular weight excluding hydrogens is 594 g/mol. The third kappa shape index (κ3) is 8.18. The second kappa shape index (κ2) is 15.6. The van der Waals surface area contributed by atoms with Crippen molar-refractivity contribution >= 4 is 11.9 Å². The Kier molecular flexibility index (Phi) is 11.7. The lowest BCUT2D eigenvalue weighted by Gasteiger charge is -2.20. The molecule has 3 aromatic carbocycles. The number of hydrogen-bond acceptors (Lipinski definition) is 6. The quantitative estimate of drug-likeness (QED) is 0.142. The normalized spacial score (nSPS) is 12.5. The predicted molar refractivity (Wildman–Crippen MR) is 171 cm³/mol. The number of halogens is 2. The summed E-state index contributed by atoms with van der Waals surface area (Å²) in [6, 6.07) is 19.6. The molecule has 0 aliphatic rings. The number of aliphatic hydroxyl groups excluding tert-OH is 2. The molecule has 10 heteroatoms. The molecule has 3 N–H and O–H groups in total. The Morgan fingerprint density at radius 3 is 2.20 bits per heavy atom. The van der Waals surface area contributed by atoms with Crippen LogP contribution >= 0.6 is 0 Å². The smallest absolute Gasteiger partial charge is 0.308 e. The lowest BCUT2D eigenvalue weighted by atomic mass is 9.92. The summed E-state index contributed by atoms with van der Waals surface area (Å²) in [5.74, 6) is -1.80. The number of nitrogens with one attached hydrogen (secondary N) is 1. The Morgan fingerprint density at radius 2 is 1.57 bits per heavy atom. The Balaban J connectivity index is 1.82. The third-order valence-corrected chi connectivity index (χ3v) is 7.79. The molecule has 1 aromatic heterocycles. The van der Waals surface area contributed by atoms with Gasteiger partial charge in [-0.15, -0.1) is 0 Å². The maximum atomic E-state index is 14.2. The zero-order valence-electron chi connectivity index (χ0n) is 26.4. The Bertz CT molecular complexity index is 1640. The van der Waals surface area contributed by atoms with Crippen molar-refractivity contribution in [1.82, 2.24) is 9.88 Å². The molecule has 2 atom stereocenters. The highest BCUT2D eigenvalue weighted by Crippen LogP contribution is 2.42. The third-order valence-electron chi connectivity index (χ3n) is 7.79. The van der Waals surface area contributed by atoms with Crippen LogP contribution in [-0.4, -0.2) is 53.1 Å². The lowest BCUT2D eigenvalue weighted by Crippen LogP contribution is -2.27. The highest BCUT2D eigenvalue weighted by Gasteiger charge is 2.30. The van der Waals surface area contributed by atoms with Crippen LogP contribution in [0.1, 0.15) is 60.9 Å². The van der Waals surface area contributed by atoms with Gasteiger partial charge >= 0.3 is 5.97 Å². The fourth-order valence-corrected chi connectivity index (χ4v) is 5.66. The summed E-state index contributed by atoms with van der Waals surface area (Å²) in [6.45, 7) is 4.00. The number of amides is 1. The van der Waals surface area contributed by atoms with E-state index in [-0.39, 0.29) is 43.5 Å². The van der Waals surface area contributed by atoms with Gasteiger partial charge in [-0.3, -0.25) is 9.59 Å². The van der Waals surface area contributed by atoms with E-state index in [2.05, 4.69) is 10.1 Å². The summed E-state index contributed by atoms with van der Waals surface area (Å²) in [7, 11) is 2.61. The number of nitrogens with zero attached hydrogens (tertiary/aromatic N) is 1. The average molecular weight is 635 g/mol. The van der Waals surface area contributed by atoms with Gasteiger partial charge in [-0.1, -0.05) is 48.5 Å². The fraction of sp³-hybridized carbons (Fsp3) is 0.333. The Hall–Kier alpha value is -4.54. The first kappa shape index (κ1) is 34.3. The molecule has 0 fully saturated rings. The highest BCUT2D eigenvalue weighted by molar-refractivity contribution is 6.05. The summed E-state index contributed by atoms with van der Waals surface area (Å²) in [4.78, 5) is 25.8. The number of rotatable bonds is 14. The maximum Gasteiger partial charge on any atom is 0.308 e. The molecule has 0 unspecified atom stereocenters. The number of methoxy groups -OCH3 is 2. The molecule has 244 valence electrons. The summed E-state index contributed by atoms with van der Waals surface area (Å²) in [5.41, 5.74) is 4.59. The Morgan fingerprint density at radius 1 is 0.891 bits per heavy atom. The van der Waals surface area contributed by atoms with E-state index in [1.54, 1.807) is 18.2 Å². The minimum absolute atomic E-state index is 0.0383. The van der Waals surface area contributed by atoms with E-state index in [0.717, 1.165) is 16.8 Å². The molecular formula is C36H40F2N2O6. The molecule has 8 nitrogen and oxygen atoms in total. The molecule has 0 radical (unpaired) electrons. The first-order valence-corrected chi connectivity index (χ1v) is 15.2. The van der Waals surface area contributed by atoms with Gasteiger partial charge < -0.3 is 29.6 Å². The number of benzene rings is 3. The number of carbonyl (C=O) groups is 2. The van der Waals surface area contributed by atoms with Crippen molar-refractivity contribution in [2.75, 3.05) is 14.2 Å². The van der Waals surface area contributed by atoms with Crippen LogP contribution in [0.25, 0.3) is 22.3 Å². The van der Waals surface area contributed by atoms with E-state index in [1.165, 1.54) is 38.5 Å². The largest absolute Gasteiger partial charge is 0.494 e. The van der Waals surface area contributed by atoms with Crippen LogP contribution in [0.15, 0.2) is 72.8 Å². The summed E-state index contributed by atoms with van der Waals surface area (Å²) >= 11 is 0. The first-order chi connectivity index (χ1) is 22.0. The summed E-state index contributed by atoms with van der Waals surface area (Å²) in [6.07, 6.45) is -1.79. The molecule has 0 bridgehead atoms. The summed E-state index contributed by atoms with van der Waals surface area (Å²) in [5, 5.41) is 24.2. The summed E-state index contributed by atoms with van der Waals surface area (Å²) < 4.78 is 39.8. The highest BCUT2D eigenvalue weighted by atomic mass is 19.1. The number of carbonyl (C=O) groups excluding carboxylic acids is 2. The molecule has 0 aliphatic heterocycles. The van der Waals surface area contributed by atoms with Gasteiger partial charge in [0, 0.05) is 29.4 Å². The van der Waals surface area contributed by atoms with E-state index in [1.807, 2.05) is 48.7 Å². The standard InChI is InChI=1S/C36H40F2N2O6/c1-22(2)40-30(17-15-27(41)19-28(42)20-32(43)46-4)33(25-11-13-26(37)14-12-25)34(24-8-6-5-7-9-24)35(40)36(44)39-21-23-10-16-29(38)31(18-23)45-3/h5-14,16,18,22,27-28,41-42H,15,17,19-21H2,1-4H3,(H,39,44)/t27-,28-/m1/s1. The number of aliphatic hydroxyl groups is 2. The number of hydrogen-bond donors (Lipinski definition) is 3. The van der Waals surface area contributed by atoms with Gasteiger partial charge in [0.15, 0.2) is 11.6 Å². The van der Waals surface area contributed by atoms with E-state index in [0.29, 0.717) is 28.8 Å². The topological polar surface area (TPSA) is 110 Å². The van der Waals surface area contributed by atoms with Gasteiger partial charge in [-0.2, -0.15) is 0 Å². The number of aromatic nitrogens is 1. The molecule has 0 spiro atoms. The van der Waals surface area contributed by atoms with Gasteiger partial charge in [-0.25, -0.2) is 8.78 Å². The van der Waals surface area contributed by atoms with Crippen molar-refractivity contribution in [3.63, 3.8) is 0 Å². The van der Waals surface area contributed by atoms with Gasteiger partial charge in [0.2, 0.25) is 0 Å². The molecule has 0 aliphatic carbocycles. The second-order valence-corrected chi connectivity index (χ2v) is 11.4. The Labute approximate surface area is 267 Å². The van der Waals surface area contributed by atoms with E-state index >= 15 is 0 Å². The van der Waals surface area contributed by atoms with Gasteiger partial charge in [0.25, 0.3) is 5.91 Å². The zero-order valence-corrected chi connectivity index (χ0v) is 26.4. The van der Waals surface area contributed by atoms with Crippen molar-refractivity contribution < 1.29 is 38.1 Å². The van der Waals surface area contributed by atoms with Crippen LogP contribution in [0, 0.1) is 11.6 Å². The monoisotopic (exact) mass is 634 g/mol. The van der Waals surface area contributed by atoms with Crippen LogP contribution < -0.4 is 10.1 Å². The second-order valence-electron chi connectivity index (χ2n) is 11.4. The average Bonchev–Trinajstić information content (AvgIpc) is 3.39. The van der Waals surface area contributed by atoms with Crippen LogP contribution in [0.4, 0.5) is 8.78 Å². The van der Waals surface area contributed by atoms with Gasteiger partial charge in [0.05, 0.1) is 32.8 Å². The molecule has 46 heavy (non-hydrogen) atoms. The number of esters is 1. The maximum absolute atomic E-state index is 14.2. The van der Waals surface area contributed by atoms with Crippen molar-refractivity contribution in [3.8, 4) is 28.0 Å². The molecule has 1 amide bonds. The minimum Gasteiger partial charge on any atom is -0.494 e. The minimum atomic E-state index is -1.08. The van der Waals surface area contributed by atoms with Crippen LogP contribution in [0.5, 0.6) is 5.75 Å². The molecule has 0 saturated carbocycles. The SMILES string of the molecule is COC(=O)C[C@H](O)C[C@H](O)CCc1c(-c2ccc(F)cc2)c(-c2ccccc2)c(C(=O)NCc2ccc(F)c(OC)c2)n1C(C)C. The van der Waals surface area contributed by atoms with Crippen molar-refractivity contribution in [2.24, 2.45) is 0 Å². The van der Waals surface area contributed by atoms with E-state index in [9.17, 15) is 28.6 Å². The molecule has 0 saturated heterocycles. The molecule has 4 aromatic rings. The lowest BCUT2D eigenvalue weighted by molar-refractivity contribution is -0.143. The van der Waals surface area contributed by atoms with Crippen LogP contribution in [-0.2, 0) is 22.5 Å². The van der Waals surface area contributed by atoms with E-state index < -0.39 is 29.8 Å². The van der Waals surface area contributed by atoms with Crippen molar-refractivity contribution in [2.45, 2.75) is 64.3 Å². The predicted octanol–water partition coefficient (Wildman–Crippen LogP) is 6.23. The van der Waals surface area contributed by atoms with Crippen LogP contribution in [0.2, 0.25) is 0 Å². The van der Waals surface area contributed by atoms with Crippen molar-refractivity contribution in [1.29, 1.82) is 0 Å². The van der Waals surface area contributed by atoms with Gasteiger partial charge in [0.1, 0.15) is 11.5 Å². The molecule has 4 rings (SSSR count). The van der Waals surface area contributed by atoms with Crippen LogP contribution in [0.3, 0.4) is 0 Å². The number of ether oxygens (including phenoxy) is 2. The van der Waals surface area contributed by atoms with Gasteiger partial charge in [-0.05, 0) is 74.1 Å². The molecule has 1 heterocycles. The van der Waals surface area contributed by atoms with Crippen molar-refractivity contribution in [3.05, 3.63) is 101 Å². The fourth-order valence-electron chi connectivity index (χ4n) is 5.66. The first-order valence-electron chi connectivity index (χ1n) is 15.2. The zero-order chi connectivity index (χ0) is 33.4. The van der Waals surface area contributed by atoms with E-state index in [4.69, 9.17) is 4.74 Å².